The molecular weight excluding hydrogens is 188 g/mol. The van der Waals surface area contributed by atoms with Crippen LogP contribution in [0.15, 0.2) is 29.5 Å². The van der Waals surface area contributed by atoms with Crippen molar-refractivity contribution in [3.8, 4) is 0 Å². The predicted octanol–water partition coefficient (Wildman–Crippen LogP) is 3.01. The predicted molar refractivity (Wildman–Crippen MR) is 62.2 cm³/mol. The number of hydrogen-bond donors (Lipinski definition) is 0. The number of benzene rings is 1. The van der Waals surface area contributed by atoms with Gasteiger partial charge >= 0.3 is 0 Å². The standard InChI is InChI=1S/C12H16OSi/c1-4-12(14-13-3)9-11-7-5-10(2)6-8-11/h5-9H,4H2,1-3H3. The molecule has 0 bridgehead atoms. The van der Waals surface area contributed by atoms with Crippen molar-refractivity contribution in [3.05, 3.63) is 40.6 Å². The van der Waals surface area contributed by atoms with E-state index < -0.39 is 0 Å². The van der Waals surface area contributed by atoms with E-state index in [2.05, 4.69) is 44.2 Å². The molecule has 0 aliphatic rings. The molecule has 0 N–H and O–H groups in total. The van der Waals surface area contributed by atoms with Gasteiger partial charge in [-0.2, -0.15) is 0 Å². The van der Waals surface area contributed by atoms with Gasteiger partial charge in [0.1, 0.15) is 0 Å². The highest BCUT2D eigenvalue weighted by Gasteiger charge is 1.96. The third kappa shape index (κ3) is 3.48. The van der Waals surface area contributed by atoms with Gasteiger partial charge in [0.05, 0.1) is 0 Å². The average molecular weight is 204 g/mol. The molecule has 0 fully saturated rings. The van der Waals surface area contributed by atoms with Gasteiger partial charge in [-0.3, -0.25) is 0 Å². The fourth-order valence-electron chi connectivity index (χ4n) is 1.20. The monoisotopic (exact) mass is 204 g/mol. The maximum absolute atomic E-state index is 5.15. The molecule has 0 amide bonds. The highest BCUT2D eigenvalue weighted by atomic mass is 28.2. The van der Waals surface area contributed by atoms with Crippen LogP contribution in [0.4, 0.5) is 0 Å². The van der Waals surface area contributed by atoms with Gasteiger partial charge in [-0.25, -0.2) is 0 Å². The fraction of sp³-hybridized carbons (Fsp3) is 0.333. The van der Waals surface area contributed by atoms with Crippen LogP contribution in [-0.4, -0.2) is 16.9 Å². The first-order valence-corrected chi connectivity index (χ1v) is 5.73. The van der Waals surface area contributed by atoms with Gasteiger partial charge in [-0.05, 0) is 18.9 Å². The molecule has 2 radical (unpaired) electrons. The molecule has 0 atom stereocenters. The van der Waals surface area contributed by atoms with E-state index in [4.69, 9.17) is 4.43 Å². The highest BCUT2D eigenvalue weighted by Crippen LogP contribution is 2.10. The lowest BCUT2D eigenvalue weighted by atomic mass is 10.1. The summed E-state index contributed by atoms with van der Waals surface area (Å²) in [4.78, 5) is 0. The largest absolute Gasteiger partial charge is 0.415 e. The molecule has 1 nitrogen and oxygen atoms in total. The van der Waals surface area contributed by atoms with E-state index in [1.807, 2.05) is 0 Å². The summed E-state index contributed by atoms with van der Waals surface area (Å²) in [5, 5.41) is 1.36. The molecule has 0 heterocycles. The van der Waals surface area contributed by atoms with Gasteiger partial charge in [0, 0.05) is 7.11 Å². The molecule has 0 saturated heterocycles. The van der Waals surface area contributed by atoms with Crippen molar-refractivity contribution in [3.63, 3.8) is 0 Å². The number of hydrogen-bond acceptors (Lipinski definition) is 1. The molecule has 2 heteroatoms. The molecule has 0 unspecified atom stereocenters. The van der Waals surface area contributed by atoms with Crippen molar-refractivity contribution in [1.29, 1.82) is 0 Å². The SMILES string of the molecule is CCC(=Cc1ccc(C)cc1)[Si]OC. The minimum absolute atomic E-state index is 0.490. The first-order valence-electron chi connectivity index (χ1n) is 4.82. The van der Waals surface area contributed by atoms with E-state index in [1.54, 1.807) is 7.11 Å². The molecule has 0 aliphatic carbocycles. The summed E-state index contributed by atoms with van der Waals surface area (Å²) < 4.78 is 5.15. The third-order valence-corrected chi connectivity index (χ3v) is 3.00. The minimum atomic E-state index is 0.490. The third-order valence-electron chi connectivity index (χ3n) is 2.03. The molecule has 0 aromatic heterocycles. The van der Waals surface area contributed by atoms with Crippen molar-refractivity contribution in [2.75, 3.05) is 7.11 Å². The summed E-state index contributed by atoms with van der Waals surface area (Å²) in [5.41, 5.74) is 2.56. The molecule has 0 saturated carbocycles. The number of aryl methyl sites for hydroxylation is 1. The molecule has 1 rings (SSSR count). The van der Waals surface area contributed by atoms with Crippen LogP contribution in [0.25, 0.3) is 6.08 Å². The molecule has 0 aliphatic heterocycles. The van der Waals surface area contributed by atoms with E-state index in [0.29, 0.717) is 9.76 Å². The summed E-state index contributed by atoms with van der Waals surface area (Å²) in [6.07, 6.45) is 3.27. The summed E-state index contributed by atoms with van der Waals surface area (Å²) >= 11 is 0. The molecule has 14 heavy (non-hydrogen) atoms. The Morgan fingerprint density at radius 1 is 1.36 bits per heavy atom. The number of rotatable bonds is 4. The van der Waals surface area contributed by atoms with E-state index in [-0.39, 0.29) is 0 Å². The van der Waals surface area contributed by atoms with Gasteiger partial charge in [-0.15, -0.1) is 0 Å². The molecule has 1 aromatic rings. The second kappa shape index (κ2) is 5.78. The lowest BCUT2D eigenvalue weighted by Gasteiger charge is -2.01. The molecular formula is C12H16OSi. The highest BCUT2D eigenvalue weighted by molar-refractivity contribution is 6.39. The number of allylic oxidation sites excluding steroid dienone is 1. The van der Waals surface area contributed by atoms with Crippen LogP contribution in [0.2, 0.25) is 0 Å². The Morgan fingerprint density at radius 3 is 2.50 bits per heavy atom. The molecule has 74 valence electrons. The summed E-state index contributed by atoms with van der Waals surface area (Å²) in [7, 11) is 2.24. The van der Waals surface area contributed by atoms with Crippen LogP contribution in [0.3, 0.4) is 0 Å². The second-order valence-corrected chi connectivity index (χ2v) is 4.49. The second-order valence-electron chi connectivity index (χ2n) is 3.24. The maximum atomic E-state index is 5.15. The van der Waals surface area contributed by atoms with Crippen LogP contribution < -0.4 is 0 Å². The van der Waals surface area contributed by atoms with Crippen molar-refractivity contribution in [2.24, 2.45) is 0 Å². The zero-order valence-electron chi connectivity index (χ0n) is 9.00. The zero-order chi connectivity index (χ0) is 10.4. The summed E-state index contributed by atoms with van der Waals surface area (Å²) in [6, 6.07) is 8.56. The Hall–Kier alpha value is -0.863. The van der Waals surface area contributed by atoms with Gasteiger partial charge in [0.2, 0.25) is 0 Å². The van der Waals surface area contributed by atoms with Crippen LogP contribution >= 0.6 is 0 Å². The Balaban J connectivity index is 2.78. The average Bonchev–Trinajstić information content (AvgIpc) is 2.20. The quantitative estimate of drug-likeness (QED) is 0.685. The van der Waals surface area contributed by atoms with E-state index >= 15 is 0 Å². The Kier molecular flexibility index (Phi) is 4.63. The van der Waals surface area contributed by atoms with Crippen molar-refractivity contribution < 1.29 is 4.43 Å². The van der Waals surface area contributed by atoms with Gasteiger partial charge < -0.3 is 4.43 Å². The lowest BCUT2D eigenvalue weighted by Crippen LogP contribution is -1.97. The van der Waals surface area contributed by atoms with Gasteiger partial charge in [-0.1, -0.05) is 48.0 Å². The van der Waals surface area contributed by atoms with Crippen LogP contribution in [-0.2, 0) is 4.43 Å². The smallest absolute Gasteiger partial charge is 0.263 e. The Morgan fingerprint density at radius 2 is 2.00 bits per heavy atom. The van der Waals surface area contributed by atoms with Crippen molar-refractivity contribution >= 4 is 15.8 Å². The lowest BCUT2D eigenvalue weighted by molar-refractivity contribution is 0.446. The van der Waals surface area contributed by atoms with Crippen molar-refractivity contribution in [1.82, 2.24) is 0 Å². The Labute approximate surface area is 88.7 Å². The fourth-order valence-corrected chi connectivity index (χ4v) is 1.83. The van der Waals surface area contributed by atoms with Gasteiger partial charge in [0.25, 0.3) is 9.76 Å². The topological polar surface area (TPSA) is 9.23 Å². The normalized spacial score (nSPS) is 11.8. The molecule has 0 spiro atoms. The van der Waals surface area contributed by atoms with Crippen LogP contribution in [0, 0.1) is 6.92 Å². The van der Waals surface area contributed by atoms with E-state index in [1.165, 1.54) is 16.3 Å². The maximum Gasteiger partial charge on any atom is 0.263 e. The van der Waals surface area contributed by atoms with Crippen molar-refractivity contribution in [2.45, 2.75) is 20.3 Å². The van der Waals surface area contributed by atoms with Gasteiger partial charge in [0.15, 0.2) is 0 Å². The molecule has 1 aromatic carbocycles. The summed E-state index contributed by atoms with van der Waals surface area (Å²) in [6.45, 7) is 4.26. The zero-order valence-corrected chi connectivity index (χ0v) is 10.0. The van der Waals surface area contributed by atoms with Crippen LogP contribution in [0.1, 0.15) is 24.5 Å². The summed E-state index contributed by atoms with van der Waals surface area (Å²) in [5.74, 6) is 0. The first-order chi connectivity index (χ1) is 6.76. The van der Waals surface area contributed by atoms with Crippen LogP contribution in [0.5, 0.6) is 0 Å². The Bertz CT molecular complexity index is 301. The van der Waals surface area contributed by atoms with E-state index in [9.17, 15) is 0 Å². The van der Waals surface area contributed by atoms with E-state index in [0.717, 1.165) is 6.42 Å². The first kappa shape index (κ1) is 11.2. The minimum Gasteiger partial charge on any atom is -0.415 e.